The number of hydroxylamine groups is 2. The number of hydrogen-bond acceptors (Lipinski definition) is 2. The van der Waals surface area contributed by atoms with Crippen LogP contribution in [-0.4, -0.2) is 18.2 Å². The van der Waals surface area contributed by atoms with Crippen molar-refractivity contribution in [3.63, 3.8) is 0 Å². The monoisotopic (exact) mass is 214 g/mol. The zero-order chi connectivity index (χ0) is 11.5. The van der Waals surface area contributed by atoms with Crippen molar-refractivity contribution in [1.29, 1.82) is 0 Å². The van der Waals surface area contributed by atoms with Crippen LogP contribution in [0.4, 0.5) is 0 Å². The van der Waals surface area contributed by atoms with Crippen molar-refractivity contribution in [2.45, 2.75) is 65.7 Å². The van der Waals surface area contributed by atoms with E-state index in [0.717, 1.165) is 25.3 Å². The topological polar surface area (TPSA) is 26.3 Å². The van der Waals surface area contributed by atoms with Gasteiger partial charge in [-0.05, 0) is 31.8 Å². The van der Waals surface area contributed by atoms with Crippen LogP contribution in [0.5, 0.6) is 0 Å². The summed E-state index contributed by atoms with van der Waals surface area (Å²) in [4.78, 5) is 0. The Morgan fingerprint density at radius 3 is 2.13 bits per heavy atom. The zero-order valence-corrected chi connectivity index (χ0v) is 10.8. The molecular formula is C13H28NO-. The first-order valence-electron chi connectivity index (χ1n) is 6.59. The third kappa shape index (κ3) is 11.8. The van der Waals surface area contributed by atoms with E-state index in [2.05, 4.69) is 20.8 Å². The molecule has 0 saturated carbocycles. The highest BCUT2D eigenvalue weighted by molar-refractivity contribution is 4.56. The second-order valence-corrected chi connectivity index (χ2v) is 4.88. The maximum absolute atomic E-state index is 11.1. The smallest absolute Gasteiger partial charge is 0.0145 e. The van der Waals surface area contributed by atoms with Crippen molar-refractivity contribution in [1.82, 2.24) is 5.06 Å². The summed E-state index contributed by atoms with van der Waals surface area (Å²) in [6.07, 6.45) is 8.61. The van der Waals surface area contributed by atoms with Gasteiger partial charge < -0.3 is 10.3 Å². The van der Waals surface area contributed by atoms with Crippen LogP contribution in [-0.2, 0) is 0 Å². The van der Waals surface area contributed by atoms with Crippen molar-refractivity contribution in [2.24, 2.45) is 5.92 Å². The van der Waals surface area contributed by atoms with Crippen LogP contribution in [0.3, 0.4) is 0 Å². The van der Waals surface area contributed by atoms with Crippen LogP contribution < -0.4 is 0 Å². The van der Waals surface area contributed by atoms with E-state index in [4.69, 9.17) is 0 Å². The third-order valence-electron chi connectivity index (χ3n) is 2.66. The summed E-state index contributed by atoms with van der Waals surface area (Å²) in [6, 6.07) is 0. The molecule has 92 valence electrons. The summed E-state index contributed by atoms with van der Waals surface area (Å²) < 4.78 is 0. The lowest BCUT2D eigenvalue weighted by Crippen LogP contribution is -2.18. The second kappa shape index (κ2) is 10.4. The van der Waals surface area contributed by atoms with E-state index in [1.165, 1.54) is 37.2 Å². The van der Waals surface area contributed by atoms with E-state index in [9.17, 15) is 5.21 Å². The highest BCUT2D eigenvalue weighted by atomic mass is 16.5. The van der Waals surface area contributed by atoms with Gasteiger partial charge in [0.05, 0.1) is 0 Å². The molecule has 0 aromatic carbocycles. The van der Waals surface area contributed by atoms with Crippen molar-refractivity contribution < 1.29 is 0 Å². The van der Waals surface area contributed by atoms with Gasteiger partial charge in [-0.1, -0.05) is 52.9 Å². The van der Waals surface area contributed by atoms with Gasteiger partial charge in [0.15, 0.2) is 0 Å². The number of hydrogen-bond donors (Lipinski definition) is 0. The molecular weight excluding hydrogens is 186 g/mol. The number of unbranched alkanes of at least 4 members (excludes halogenated alkanes) is 4. The lowest BCUT2D eigenvalue weighted by Gasteiger charge is -2.27. The van der Waals surface area contributed by atoms with Crippen molar-refractivity contribution in [3.05, 3.63) is 5.21 Å². The summed E-state index contributed by atoms with van der Waals surface area (Å²) in [5, 5.41) is 12.3. The zero-order valence-electron chi connectivity index (χ0n) is 10.8. The maximum Gasteiger partial charge on any atom is -0.0145 e. The normalized spacial score (nSPS) is 11.6. The quantitative estimate of drug-likeness (QED) is 0.402. The molecule has 0 N–H and O–H groups in total. The summed E-state index contributed by atoms with van der Waals surface area (Å²) in [6.45, 7) is 8.04. The first-order valence-corrected chi connectivity index (χ1v) is 6.59. The van der Waals surface area contributed by atoms with Gasteiger partial charge in [-0.25, -0.2) is 0 Å². The molecule has 0 radical (unpaired) electrons. The summed E-state index contributed by atoms with van der Waals surface area (Å²) >= 11 is 0. The molecule has 0 aliphatic carbocycles. The second-order valence-electron chi connectivity index (χ2n) is 4.88. The van der Waals surface area contributed by atoms with Crippen LogP contribution >= 0.6 is 0 Å². The Labute approximate surface area is 95.6 Å². The van der Waals surface area contributed by atoms with Crippen LogP contribution in [0.25, 0.3) is 0 Å². The minimum atomic E-state index is 0.702. The first-order chi connectivity index (χ1) is 7.16. The molecule has 0 aromatic rings. The minimum absolute atomic E-state index is 0.702. The van der Waals surface area contributed by atoms with Gasteiger partial charge in [-0.3, -0.25) is 0 Å². The summed E-state index contributed by atoms with van der Waals surface area (Å²) in [5.74, 6) is 0.840. The van der Waals surface area contributed by atoms with E-state index in [0.29, 0.717) is 6.54 Å². The van der Waals surface area contributed by atoms with E-state index < -0.39 is 0 Å². The highest BCUT2D eigenvalue weighted by Crippen LogP contribution is 2.10. The van der Waals surface area contributed by atoms with Crippen molar-refractivity contribution in [3.8, 4) is 0 Å². The lowest BCUT2D eigenvalue weighted by molar-refractivity contribution is 0.362. The van der Waals surface area contributed by atoms with Crippen LogP contribution in [0.1, 0.15) is 65.7 Å². The predicted octanol–water partition coefficient (Wildman–Crippen LogP) is 4.19. The Balaban J connectivity index is 3.04. The fourth-order valence-electron chi connectivity index (χ4n) is 1.73. The van der Waals surface area contributed by atoms with Crippen LogP contribution in [0.2, 0.25) is 0 Å². The third-order valence-corrected chi connectivity index (χ3v) is 2.66. The van der Waals surface area contributed by atoms with E-state index in [-0.39, 0.29) is 0 Å². The maximum atomic E-state index is 11.1. The molecule has 0 rings (SSSR count). The SMILES string of the molecule is CCCN([O-])CCCCCCCC(C)C. The van der Waals surface area contributed by atoms with Gasteiger partial charge in [-0.2, -0.15) is 0 Å². The standard InChI is InChI=1S/C13H28NO/c1-4-11-14(15)12-9-7-5-6-8-10-13(2)3/h13H,4-12H2,1-3H3/q-1. The van der Waals surface area contributed by atoms with Gasteiger partial charge >= 0.3 is 0 Å². The van der Waals surface area contributed by atoms with Gasteiger partial charge in [0.25, 0.3) is 0 Å². The molecule has 0 fully saturated rings. The molecule has 0 atom stereocenters. The summed E-state index contributed by atoms with van der Waals surface area (Å²) in [7, 11) is 0. The molecule has 0 aliphatic heterocycles. The Morgan fingerprint density at radius 1 is 0.933 bits per heavy atom. The molecule has 15 heavy (non-hydrogen) atoms. The largest absolute Gasteiger partial charge is 0.785 e. The minimum Gasteiger partial charge on any atom is -0.785 e. The average molecular weight is 214 g/mol. The Bertz CT molecular complexity index is 126. The van der Waals surface area contributed by atoms with E-state index in [1.54, 1.807) is 0 Å². The predicted molar refractivity (Wildman–Crippen MR) is 67.8 cm³/mol. The molecule has 0 aliphatic rings. The Hall–Kier alpha value is -0.0800. The fraction of sp³-hybridized carbons (Fsp3) is 1.00. The molecule has 0 aromatic heterocycles. The molecule has 0 unspecified atom stereocenters. The van der Waals surface area contributed by atoms with Crippen molar-refractivity contribution in [2.75, 3.05) is 13.1 Å². The Morgan fingerprint density at radius 2 is 1.53 bits per heavy atom. The molecule has 0 amide bonds. The van der Waals surface area contributed by atoms with Crippen LogP contribution in [0.15, 0.2) is 0 Å². The number of nitrogens with zero attached hydrogens (tertiary/aromatic N) is 1. The number of rotatable bonds is 10. The molecule has 2 nitrogen and oxygen atoms in total. The summed E-state index contributed by atoms with van der Waals surface area (Å²) in [5.41, 5.74) is 0. The van der Waals surface area contributed by atoms with Gasteiger partial charge in [0.1, 0.15) is 0 Å². The lowest BCUT2D eigenvalue weighted by atomic mass is 10.0. The van der Waals surface area contributed by atoms with Crippen molar-refractivity contribution >= 4 is 0 Å². The molecule has 0 spiro atoms. The Kier molecular flexibility index (Phi) is 10.4. The van der Waals surface area contributed by atoms with Gasteiger partial charge in [0.2, 0.25) is 0 Å². The van der Waals surface area contributed by atoms with Gasteiger partial charge in [-0.15, -0.1) is 0 Å². The highest BCUT2D eigenvalue weighted by Gasteiger charge is 1.95. The molecule has 0 heterocycles. The molecule has 2 heteroatoms. The first kappa shape index (κ1) is 14.9. The molecule has 0 saturated heterocycles. The van der Waals surface area contributed by atoms with Crippen LogP contribution in [0, 0.1) is 11.1 Å². The van der Waals surface area contributed by atoms with E-state index >= 15 is 0 Å². The molecule has 0 bridgehead atoms. The van der Waals surface area contributed by atoms with Gasteiger partial charge in [0, 0.05) is 0 Å². The average Bonchev–Trinajstić information content (AvgIpc) is 2.16. The van der Waals surface area contributed by atoms with E-state index in [1.807, 2.05) is 0 Å². The fourth-order valence-corrected chi connectivity index (χ4v) is 1.73.